The van der Waals surface area contributed by atoms with Gasteiger partial charge in [-0.25, -0.2) is 9.67 Å². The van der Waals surface area contributed by atoms with Crippen molar-refractivity contribution in [3.8, 4) is 5.69 Å². The van der Waals surface area contributed by atoms with E-state index in [1.54, 1.807) is 23.1 Å². The molecule has 2 heterocycles. The second-order valence-electron chi connectivity index (χ2n) is 8.12. The molecule has 2 aliphatic rings. The summed E-state index contributed by atoms with van der Waals surface area (Å²) in [6.07, 6.45) is 5.93. The lowest BCUT2D eigenvalue weighted by Crippen LogP contribution is -2.47. The second-order valence-corrected chi connectivity index (χ2v) is 8.12. The first kappa shape index (κ1) is 18.8. The van der Waals surface area contributed by atoms with Gasteiger partial charge in [0.05, 0.1) is 5.69 Å². The smallest absolute Gasteiger partial charge is 0.255 e. The van der Waals surface area contributed by atoms with Gasteiger partial charge in [-0.1, -0.05) is 6.07 Å². The molecule has 0 spiro atoms. The van der Waals surface area contributed by atoms with Crippen molar-refractivity contribution in [2.75, 3.05) is 42.9 Å². The second kappa shape index (κ2) is 8.28. The Hall–Kier alpha value is -3.19. The zero-order valence-corrected chi connectivity index (χ0v) is 16.9. The molecule has 5 rings (SSSR count). The van der Waals surface area contributed by atoms with Gasteiger partial charge in [0.1, 0.15) is 12.7 Å². The number of hydrogen-bond donors (Lipinski definition) is 1. The van der Waals surface area contributed by atoms with Crippen LogP contribution in [0.3, 0.4) is 0 Å². The summed E-state index contributed by atoms with van der Waals surface area (Å²) in [7, 11) is 0. The molecule has 3 aromatic rings. The normalized spacial score (nSPS) is 17.1. The van der Waals surface area contributed by atoms with Crippen molar-refractivity contribution in [2.45, 2.75) is 12.8 Å². The van der Waals surface area contributed by atoms with Crippen LogP contribution in [0.2, 0.25) is 0 Å². The third-order valence-electron chi connectivity index (χ3n) is 5.87. The fraction of sp³-hybridized carbons (Fsp3) is 0.348. The standard InChI is InChI=1S/C23H26N6O/c30-23(19-6-8-21(9-7-19)29-17-24-16-25-29)26-20-2-1-3-22(14-20)28-12-10-27(11-13-28)15-18-4-5-18/h1-3,6-9,14,16-18H,4-5,10-13,15H2,(H,26,30). The number of hydrogen-bond acceptors (Lipinski definition) is 5. The van der Waals surface area contributed by atoms with Crippen LogP contribution in [0.15, 0.2) is 61.2 Å². The third-order valence-corrected chi connectivity index (χ3v) is 5.87. The van der Waals surface area contributed by atoms with E-state index < -0.39 is 0 Å². The van der Waals surface area contributed by atoms with Crippen molar-refractivity contribution in [3.63, 3.8) is 0 Å². The van der Waals surface area contributed by atoms with Crippen molar-refractivity contribution >= 4 is 17.3 Å². The van der Waals surface area contributed by atoms with Gasteiger partial charge in [-0.3, -0.25) is 9.69 Å². The van der Waals surface area contributed by atoms with Gasteiger partial charge in [-0.05, 0) is 61.2 Å². The zero-order valence-electron chi connectivity index (χ0n) is 16.9. The Morgan fingerprint density at radius 3 is 2.50 bits per heavy atom. The van der Waals surface area contributed by atoms with Gasteiger partial charge in [0.2, 0.25) is 0 Å². The minimum Gasteiger partial charge on any atom is -0.369 e. The maximum Gasteiger partial charge on any atom is 0.255 e. The quantitative estimate of drug-likeness (QED) is 0.687. The zero-order chi connectivity index (χ0) is 20.3. The Bertz CT molecular complexity index is 989. The molecule has 1 aliphatic carbocycles. The highest BCUT2D eigenvalue weighted by molar-refractivity contribution is 6.04. The SMILES string of the molecule is O=C(Nc1cccc(N2CCN(CC3CC3)CC2)c1)c1ccc(-n2cncn2)cc1. The van der Waals surface area contributed by atoms with Crippen molar-refractivity contribution in [2.24, 2.45) is 5.92 Å². The average molecular weight is 403 g/mol. The molecule has 7 heteroatoms. The molecular formula is C23H26N6O. The first-order chi connectivity index (χ1) is 14.7. The van der Waals surface area contributed by atoms with Crippen LogP contribution in [0.4, 0.5) is 11.4 Å². The van der Waals surface area contributed by atoms with Crippen LogP contribution < -0.4 is 10.2 Å². The summed E-state index contributed by atoms with van der Waals surface area (Å²) in [4.78, 5) is 21.6. The monoisotopic (exact) mass is 402 g/mol. The maximum absolute atomic E-state index is 12.7. The average Bonchev–Trinajstić information content (AvgIpc) is 3.43. The predicted molar refractivity (Wildman–Crippen MR) is 117 cm³/mol. The van der Waals surface area contributed by atoms with Crippen LogP contribution in [0.5, 0.6) is 0 Å². The number of piperazine rings is 1. The number of amides is 1. The van der Waals surface area contributed by atoms with Crippen molar-refractivity contribution < 1.29 is 4.79 Å². The summed E-state index contributed by atoms with van der Waals surface area (Å²) >= 11 is 0. The molecule has 0 unspecified atom stereocenters. The fourth-order valence-corrected chi connectivity index (χ4v) is 3.94. The third kappa shape index (κ3) is 4.36. The molecule has 1 aliphatic heterocycles. The lowest BCUT2D eigenvalue weighted by molar-refractivity contribution is 0.102. The molecule has 1 N–H and O–H groups in total. The molecule has 30 heavy (non-hydrogen) atoms. The molecule has 0 radical (unpaired) electrons. The van der Waals surface area contributed by atoms with Crippen molar-refractivity contribution in [1.82, 2.24) is 19.7 Å². The van der Waals surface area contributed by atoms with Gasteiger partial charge in [0.15, 0.2) is 0 Å². The van der Waals surface area contributed by atoms with Gasteiger partial charge in [0.25, 0.3) is 5.91 Å². The number of benzene rings is 2. The number of nitrogens with one attached hydrogen (secondary N) is 1. The summed E-state index contributed by atoms with van der Waals surface area (Å²) in [6, 6.07) is 15.5. The fourth-order valence-electron chi connectivity index (χ4n) is 3.94. The number of aromatic nitrogens is 3. The molecule has 154 valence electrons. The summed E-state index contributed by atoms with van der Waals surface area (Å²) in [5, 5.41) is 7.13. The molecular weight excluding hydrogens is 376 g/mol. The number of rotatable bonds is 6. The molecule has 2 aromatic carbocycles. The van der Waals surface area contributed by atoms with Crippen LogP contribution in [-0.4, -0.2) is 58.3 Å². The molecule has 1 aromatic heterocycles. The Morgan fingerprint density at radius 2 is 1.80 bits per heavy atom. The predicted octanol–water partition coefficient (Wildman–Crippen LogP) is 3.05. The number of carbonyl (C=O) groups excluding carboxylic acids is 1. The van der Waals surface area contributed by atoms with E-state index in [1.807, 2.05) is 24.3 Å². The molecule has 1 amide bonds. The van der Waals surface area contributed by atoms with Crippen molar-refractivity contribution in [3.05, 3.63) is 66.7 Å². The summed E-state index contributed by atoms with van der Waals surface area (Å²) in [5.41, 5.74) is 3.46. The Labute approximate surface area is 176 Å². The Kier molecular flexibility index (Phi) is 5.19. The van der Waals surface area contributed by atoms with Crippen LogP contribution in [-0.2, 0) is 0 Å². The van der Waals surface area contributed by atoms with Crippen LogP contribution in [0, 0.1) is 5.92 Å². The molecule has 7 nitrogen and oxygen atoms in total. The number of anilines is 2. The highest BCUT2D eigenvalue weighted by atomic mass is 16.1. The Balaban J connectivity index is 1.20. The molecule has 0 bridgehead atoms. The van der Waals surface area contributed by atoms with E-state index in [2.05, 4.69) is 37.3 Å². The van der Waals surface area contributed by atoms with Crippen LogP contribution in [0.25, 0.3) is 5.69 Å². The summed E-state index contributed by atoms with van der Waals surface area (Å²) in [6.45, 7) is 5.57. The van der Waals surface area contributed by atoms with E-state index in [0.29, 0.717) is 5.56 Å². The molecule has 2 fully saturated rings. The highest BCUT2D eigenvalue weighted by Crippen LogP contribution is 2.30. The van der Waals surface area contributed by atoms with E-state index in [-0.39, 0.29) is 5.91 Å². The van der Waals surface area contributed by atoms with Gasteiger partial charge in [-0.2, -0.15) is 5.10 Å². The van der Waals surface area contributed by atoms with Crippen molar-refractivity contribution in [1.29, 1.82) is 0 Å². The first-order valence-electron chi connectivity index (χ1n) is 10.6. The minimum atomic E-state index is -0.119. The van der Waals surface area contributed by atoms with E-state index in [0.717, 1.165) is 43.5 Å². The number of nitrogens with zero attached hydrogens (tertiary/aromatic N) is 5. The van der Waals surface area contributed by atoms with Crippen LogP contribution in [0.1, 0.15) is 23.2 Å². The summed E-state index contributed by atoms with van der Waals surface area (Å²) in [5.74, 6) is 0.826. The molecule has 0 atom stereocenters. The highest BCUT2D eigenvalue weighted by Gasteiger charge is 2.26. The minimum absolute atomic E-state index is 0.119. The van der Waals surface area contributed by atoms with Gasteiger partial charge >= 0.3 is 0 Å². The molecule has 1 saturated carbocycles. The largest absolute Gasteiger partial charge is 0.369 e. The van der Waals surface area contributed by atoms with E-state index in [4.69, 9.17) is 0 Å². The van der Waals surface area contributed by atoms with Crippen LogP contribution >= 0.6 is 0 Å². The lowest BCUT2D eigenvalue weighted by Gasteiger charge is -2.36. The first-order valence-corrected chi connectivity index (χ1v) is 10.6. The summed E-state index contributed by atoms with van der Waals surface area (Å²) < 4.78 is 1.66. The maximum atomic E-state index is 12.7. The molecule has 1 saturated heterocycles. The number of carbonyl (C=O) groups is 1. The van der Waals surface area contributed by atoms with Gasteiger partial charge in [0, 0.05) is 49.7 Å². The topological polar surface area (TPSA) is 66.3 Å². The van der Waals surface area contributed by atoms with E-state index >= 15 is 0 Å². The van der Waals surface area contributed by atoms with Gasteiger partial charge in [-0.15, -0.1) is 0 Å². The van der Waals surface area contributed by atoms with E-state index in [1.165, 1.54) is 31.4 Å². The van der Waals surface area contributed by atoms with E-state index in [9.17, 15) is 4.79 Å². The lowest BCUT2D eigenvalue weighted by atomic mass is 10.1. The van der Waals surface area contributed by atoms with Gasteiger partial charge < -0.3 is 10.2 Å². The Morgan fingerprint density at radius 1 is 1.00 bits per heavy atom.